The highest BCUT2D eigenvalue weighted by molar-refractivity contribution is 9.10. The summed E-state index contributed by atoms with van der Waals surface area (Å²) in [6, 6.07) is 21.2. The van der Waals surface area contributed by atoms with Crippen molar-refractivity contribution < 1.29 is 22.7 Å². The number of hydrogen-bond acceptors (Lipinski definition) is 5. The van der Waals surface area contributed by atoms with Crippen LogP contribution in [-0.4, -0.2) is 51.4 Å². The lowest BCUT2D eigenvalue weighted by molar-refractivity contribution is -0.140. The minimum Gasteiger partial charge on any atom is -0.497 e. The maximum Gasteiger partial charge on any atom is 0.264 e. The van der Waals surface area contributed by atoms with Gasteiger partial charge >= 0.3 is 0 Å². The Morgan fingerprint density at radius 3 is 2.26 bits per heavy atom. The van der Waals surface area contributed by atoms with E-state index in [9.17, 15) is 18.0 Å². The van der Waals surface area contributed by atoms with Gasteiger partial charge in [-0.3, -0.25) is 13.9 Å². The van der Waals surface area contributed by atoms with Gasteiger partial charge in [0, 0.05) is 17.6 Å². The summed E-state index contributed by atoms with van der Waals surface area (Å²) in [5.74, 6) is -0.107. The molecule has 0 aliphatic rings. The molecule has 0 heterocycles. The van der Waals surface area contributed by atoms with Crippen molar-refractivity contribution in [1.82, 2.24) is 10.2 Å². The van der Waals surface area contributed by atoms with Gasteiger partial charge in [-0.15, -0.1) is 0 Å². The van der Waals surface area contributed by atoms with E-state index < -0.39 is 28.5 Å². The molecule has 0 aliphatic heterocycles. The molecule has 0 aliphatic carbocycles. The van der Waals surface area contributed by atoms with Gasteiger partial charge in [-0.05, 0) is 60.9 Å². The minimum atomic E-state index is -4.10. The average molecular weight is 617 g/mol. The van der Waals surface area contributed by atoms with Gasteiger partial charge in [0.05, 0.1) is 17.7 Å². The van der Waals surface area contributed by atoms with Crippen molar-refractivity contribution in [3.63, 3.8) is 0 Å². The van der Waals surface area contributed by atoms with Crippen molar-refractivity contribution in [2.75, 3.05) is 24.5 Å². The predicted molar refractivity (Wildman–Crippen MR) is 156 cm³/mol. The van der Waals surface area contributed by atoms with Gasteiger partial charge in [0.1, 0.15) is 18.3 Å². The molecule has 0 spiro atoms. The van der Waals surface area contributed by atoms with Crippen LogP contribution in [0.15, 0.2) is 88.2 Å². The fourth-order valence-corrected chi connectivity index (χ4v) is 5.91. The van der Waals surface area contributed by atoms with Gasteiger partial charge < -0.3 is 15.0 Å². The van der Waals surface area contributed by atoms with Crippen molar-refractivity contribution in [3.05, 3.63) is 88.9 Å². The zero-order chi connectivity index (χ0) is 28.4. The van der Waals surface area contributed by atoms with Crippen LogP contribution in [0, 0.1) is 0 Å². The summed E-state index contributed by atoms with van der Waals surface area (Å²) in [6.45, 7) is 3.90. The molecule has 0 aromatic heterocycles. The Balaban J connectivity index is 2.03. The van der Waals surface area contributed by atoms with Crippen molar-refractivity contribution in [1.29, 1.82) is 0 Å². The van der Waals surface area contributed by atoms with Crippen LogP contribution in [0.5, 0.6) is 5.75 Å². The van der Waals surface area contributed by atoms with Crippen LogP contribution in [0.3, 0.4) is 0 Å². The number of hydrogen-bond donors (Lipinski definition) is 1. The zero-order valence-electron chi connectivity index (χ0n) is 22.3. The van der Waals surface area contributed by atoms with Crippen molar-refractivity contribution in [2.24, 2.45) is 0 Å². The first-order chi connectivity index (χ1) is 18.7. The predicted octanol–water partition coefficient (Wildman–Crippen LogP) is 4.99. The molecule has 39 heavy (non-hydrogen) atoms. The van der Waals surface area contributed by atoms with Crippen LogP contribution in [0.25, 0.3) is 0 Å². The molecule has 0 saturated carbocycles. The fraction of sp³-hybridized carbons (Fsp3) is 0.310. The third-order valence-corrected chi connectivity index (χ3v) is 8.43. The molecule has 0 unspecified atom stereocenters. The highest BCUT2D eigenvalue weighted by Crippen LogP contribution is 2.27. The Labute approximate surface area is 239 Å². The largest absolute Gasteiger partial charge is 0.497 e. The minimum absolute atomic E-state index is 0.0622. The first-order valence-corrected chi connectivity index (χ1v) is 15.0. The lowest BCUT2D eigenvalue weighted by Gasteiger charge is -2.33. The smallest absolute Gasteiger partial charge is 0.264 e. The molecule has 1 atom stereocenters. The van der Waals surface area contributed by atoms with Crippen LogP contribution >= 0.6 is 15.9 Å². The number of anilines is 1. The molecule has 3 aromatic rings. The molecular formula is C29H34BrN3O5S. The second-order valence-corrected chi connectivity index (χ2v) is 11.7. The second kappa shape index (κ2) is 14.1. The van der Waals surface area contributed by atoms with Crippen LogP contribution < -0.4 is 14.4 Å². The Morgan fingerprint density at radius 2 is 1.67 bits per heavy atom. The number of carbonyl (C=O) groups is 2. The number of halogens is 1. The summed E-state index contributed by atoms with van der Waals surface area (Å²) in [5.41, 5.74) is 1.11. The molecule has 2 amide bonds. The summed E-state index contributed by atoms with van der Waals surface area (Å²) < 4.78 is 34.6. The van der Waals surface area contributed by atoms with E-state index in [1.54, 1.807) is 61.7 Å². The molecule has 10 heteroatoms. The highest BCUT2D eigenvalue weighted by Gasteiger charge is 2.33. The molecule has 0 saturated heterocycles. The normalized spacial score (nSPS) is 11.9. The number of ether oxygens (including phenoxy) is 1. The molecule has 8 nitrogen and oxygen atoms in total. The van der Waals surface area contributed by atoms with Crippen molar-refractivity contribution >= 4 is 43.5 Å². The van der Waals surface area contributed by atoms with Crippen molar-refractivity contribution in [3.8, 4) is 5.75 Å². The van der Waals surface area contributed by atoms with E-state index >= 15 is 0 Å². The lowest BCUT2D eigenvalue weighted by Crippen LogP contribution is -2.52. The number of amides is 2. The topological polar surface area (TPSA) is 96.0 Å². The van der Waals surface area contributed by atoms with Gasteiger partial charge in [-0.25, -0.2) is 8.42 Å². The average Bonchev–Trinajstić information content (AvgIpc) is 2.95. The Kier molecular flexibility index (Phi) is 10.9. The van der Waals surface area contributed by atoms with E-state index in [0.717, 1.165) is 16.3 Å². The highest BCUT2D eigenvalue weighted by atomic mass is 79.9. The Hall–Kier alpha value is -3.37. The lowest BCUT2D eigenvalue weighted by atomic mass is 10.1. The van der Waals surface area contributed by atoms with Gasteiger partial charge in [0.15, 0.2) is 0 Å². The second-order valence-electron chi connectivity index (χ2n) is 8.89. The first-order valence-electron chi connectivity index (χ1n) is 12.7. The number of rotatable bonds is 13. The monoisotopic (exact) mass is 615 g/mol. The SMILES string of the molecule is CCCNC(=O)[C@@H](CC)N(Cc1ccc(OC)cc1)C(=O)CN(c1cccc(Br)c1)S(=O)(=O)c1ccccc1. The first kappa shape index (κ1) is 30.2. The summed E-state index contributed by atoms with van der Waals surface area (Å²) in [6.07, 6.45) is 1.11. The standard InChI is InChI=1S/C29H34BrN3O5S/c1-4-18-31-29(35)27(5-2)32(20-22-14-16-25(38-3)17-15-22)28(34)21-33(24-11-9-10-23(30)19-24)39(36,37)26-12-7-6-8-13-26/h6-17,19,27H,4-5,18,20-21H2,1-3H3,(H,31,35)/t27-/m1/s1. The summed E-state index contributed by atoms with van der Waals surface area (Å²) >= 11 is 3.40. The molecule has 0 radical (unpaired) electrons. The Morgan fingerprint density at radius 1 is 0.974 bits per heavy atom. The third-order valence-electron chi connectivity index (χ3n) is 6.15. The summed E-state index contributed by atoms with van der Waals surface area (Å²) in [4.78, 5) is 28.6. The number of nitrogens with one attached hydrogen (secondary N) is 1. The number of carbonyl (C=O) groups excluding carboxylic acids is 2. The molecule has 3 aromatic carbocycles. The molecule has 208 valence electrons. The van der Waals surface area contributed by atoms with Crippen LogP contribution in [-0.2, 0) is 26.2 Å². The van der Waals surface area contributed by atoms with Gasteiger partial charge in [-0.1, -0.05) is 66.2 Å². The van der Waals surface area contributed by atoms with Crippen LogP contribution in [0.4, 0.5) is 5.69 Å². The Bertz CT molecular complexity index is 1350. The van der Waals surface area contributed by atoms with Crippen LogP contribution in [0.1, 0.15) is 32.3 Å². The molecule has 0 bridgehead atoms. The molecule has 0 fully saturated rings. The van der Waals surface area contributed by atoms with Crippen molar-refractivity contribution in [2.45, 2.75) is 44.2 Å². The van der Waals surface area contributed by atoms with Gasteiger partial charge in [-0.2, -0.15) is 0 Å². The van der Waals surface area contributed by atoms with E-state index in [0.29, 0.717) is 28.9 Å². The quantitative estimate of drug-likeness (QED) is 0.292. The molecular weight excluding hydrogens is 582 g/mol. The molecule has 3 rings (SSSR count). The maximum absolute atomic E-state index is 14.0. The third kappa shape index (κ3) is 7.83. The number of methoxy groups -OCH3 is 1. The van der Waals surface area contributed by atoms with E-state index in [4.69, 9.17) is 4.74 Å². The van der Waals surface area contributed by atoms with Crippen LogP contribution in [0.2, 0.25) is 0 Å². The number of sulfonamides is 1. The number of benzene rings is 3. The van der Waals surface area contributed by atoms with E-state index in [1.165, 1.54) is 17.0 Å². The summed E-state index contributed by atoms with van der Waals surface area (Å²) in [5, 5.41) is 2.88. The zero-order valence-corrected chi connectivity index (χ0v) is 24.7. The maximum atomic E-state index is 14.0. The number of nitrogens with zero attached hydrogens (tertiary/aromatic N) is 2. The summed E-state index contributed by atoms with van der Waals surface area (Å²) in [7, 11) is -2.53. The van der Waals surface area contributed by atoms with E-state index in [2.05, 4.69) is 21.2 Å². The fourth-order valence-electron chi connectivity index (χ4n) is 4.09. The molecule has 1 N–H and O–H groups in total. The van der Waals surface area contributed by atoms with Gasteiger partial charge in [0.25, 0.3) is 10.0 Å². The van der Waals surface area contributed by atoms with Gasteiger partial charge in [0.2, 0.25) is 11.8 Å². The van der Waals surface area contributed by atoms with E-state index in [-0.39, 0.29) is 17.3 Å². The van der Waals surface area contributed by atoms with E-state index in [1.807, 2.05) is 26.0 Å².